The van der Waals surface area contributed by atoms with Gasteiger partial charge in [0.15, 0.2) is 0 Å². The van der Waals surface area contributed by atoms with Crippen molar-refractivity contribution in [2.45, 2.75) is 27.2 Å². The van der Waals surface area contributed by atoms with Crippen molar-refractivity contribution < 1.29 is 9.59 Å². The summed E-state index contributed by atoms with van der Waals surface area (Å²) < 4.78 is 0. The third kappa shape index (κ3) is 4.53. The molecule has 0 saturated heterocycles. The Morgan fingerprint density at radius 3 is 2.44 bits per heavy atom. The molecule has 0 heterocycles. The van der Waals surface area contributed by atoms with E-state index in [1.54, 1.807) is 18.2 Å². The fourth-order valence-electron chi connectivity index (χ4n) is 2.59. The Morgan fingerprint density at radius 2 is 1.80 bits per heavy atom. The molecule has 0 aliphatic heterocycles. The third-order valence-corrected chi connectivity index (χ3v) is 4.72. The fraction of sp³-hybridized carbons (Fsp3) is 0.263. The van der Waals surface area contributed by atoms with Crippen LogP contribution in [0.1, 0.15) is 25.0 Å². The number of halogens is 2. The standard InChI is InChI=1S/C19H20Cl2N2O2/c1-4-14-8-5-7-12(2)19(14)22-17(25)11-23(13(3)24)16-10-6-9-15(20)18(16)21/h5-10H,4,11H2,1-3H3,(H,22,25). The second-order valence-electron chi connectivity index (χ2n) is 5.69. The van der Waals surface area contributed by atoms with Gasteiger partial charge in [-0.25, -0.2) is 0 Å². The molecule has 0 atom stereocenters. The van der Waals surface area contributed by atoms with Gasteiger partial charge in [-0.05, 0) is 36.6 Å². The lowest BCUT2D eigenvalue weighted by molar-refractivity contribution is -0.120. The number of hydrogen-bond donors (Lipinski definition) is 1. The molecule has 0 unspecified atom stereocenters. The first-order chi connectivity index (χ1) is 11.8. The maximum absolute atomic E-state index is 12.5. The zero-order valence-electron chi connectivity index (χ0n) is 14.4. The van der Waals surface area contributed by atoms with Gasteiger partial charge in [0.05, 0.1) is 15.7 Å². The summed E-state index contributed by atoms with van der Waals surface area (Å²) in [5.41, 5.74) is 3.22. The molecular formula is C19H20Cl2N2O2. The Bertz CT molecular complexity index is 806. The fourth-order valence-corrected chi connectivity index (χ4v) is 2.99. The monoisotopic (exact) mass is 378 g/mol. The first-order valence-electron chi connectivity index (χ1n) is 7.95. The molecule has 0 spiro atoms. The van der Waals surface area contributed by atoms with E-state index >= 15 is 0 Å². The summed E-state index contributed by atoms with van der Waals surface area (Å²) in [6, 6.07) is 10.8. The Morgan fingerprint density at radius 1 is 1.12 bits per heavy atom. The van der Waals surface area contributed by atoms with E-state index in [2.05, 4.69) is 5.32 Å². The Hall–Kier alpha value is -2.04. The van der Waals surface area contributed by atoms with Gasteiger partial charge in [0, 0.05) is 12.6 Å². The van der Waals surface area contributed by atoms with E-state index in [9.17, 15) is 9.59 Å². The number of benzene rings is 2. The Balaban J connectivity index is 2.25. The molecule has 0 aliphatic rings. The first kappa shape index (κ1) is 19.3. The largest absolute Gasteiger partial charge is 0.324 e. The molecule has 1 N–H and O–H groups in total. The molecule has 4 nitrogen and oxygen atoms in total. The highest BCUT2D eigenvalue weighted by molar-refractivity contribution is 6.44. The predicted octanol–water partition coefficient (Wildman–Crippen LogP) is 4.86. The van der Waals surface area contributed by atoms with Crippen LogP contribution < -0.4 is 10.2 Å². The highest BCUT2D eigenvalue weighted by Crippen LogP contribution is 2.32. The van der Waals surface area contributed by atoms with Gasteiger partial charge in [-0.3, -0.25) is 9.59 Å². The highest BCUT2D eigenvalue weighted by Gasteiger charge is 2.20. The second kappa shape index (κ2) is 8.37. The van der Waals surface area contributed by atoms with Crippen LogP contribution in [0.3, 0.4) is 0 Å². The maximum atomic E-state index is 12.5. The van der Waals surface area contributed by atoms with E-state index in [1.165, 1.54) is 11.8 Å². The van der Waals surface area contributed by atoms with E-state index in [0.29, 0.717) is 10.7 Å². The normalized spacial score (nSPS) is 10.4. The van der Waals surface area contributed by atoms with Gasteiger partial charge in [-0.1, -0.05) is 54.4 Å². The molecule has 25 heavy (non-hydrogen) atoms. The zero-order valence-corrected chi connectivity index (χ0v) is 15.9. The van der Waals surface area contributed by atoms with Crippen LogP contribution in [0.5, 0.6) is 0 Å². The van der Waals surface area contributed by atoms with Gasteiger partial charge in [-0.15, -0.1) is 0 Å². The van der Waals surface area contributed by atoms with E-state index in [4.69, 9.17) is 23.2 Å². The molecule has 0 saturated carbocycles. The van der Waals surface area contributed by atoms with Crippen molar-refractivity contribution in [3.05, 3.63) is 57.6 Å². The number of aryl methyl sites for hydroxylation is 2. The number of amides is 2. The molecular weight excluding hydrogens is 359 g/mol. The summed E-state index contributed by atoms with van der Waals surface area (Å²) in [7, 11) is 0. The van der Waals surface area contributed by atoms with Gasteiger partial charge >= 0.3 is 0 Å². The summed E-state index contributed by atoms with van der Waals surface area (Å²) in [6.07, 6.45) is 0.799. The highest BCUT2D eigenvalue weighted by atomic mass is 35.5. The van der Waals surface area contributed by atoms with Crippen LogP contribution in [0.25, 0.3) is 0 Å². The van der Waals surface area contributed by atoms with Crippen molar-refractivity contribution in [3.8, 4) is 0 Å². The molecule has 0 radical (unpaired) electrons. The first-order valence-corrected chi connectivity index (χ1v) is 8.71. The Kier molecular flexibility index (Phi) is 6.45. The van der Waals surface area contributed by atoms with Crippen molar-refractivity contribution in [1.82, 2.24) is 0 Å². The van der Waals surface area contributed by atoms with E-state index in [0.717, 1.165) is 23.2 Å². The van der Waals surface area contributed by atoms with Crippen LogP contribution in [-0.4, -0.2) is 18.4 Å². The number of carbonyl (C=O) groups excluding carboxylic acids is 2. The van der Waals surface area contributed by atoms with E-state index in [1.807, 2.05) is 32.0 Å². The lowest BCUT2D eigenvalue weighted by Crippen LogP contribution is -2.37. The number of carbonyl (C=O) groups is 2. The third-order valence-electron chi connectivity index (χ3n) is 3.91. The Labute approximate surface area is 157 Å². The summed E-state index contributed by atoms with van der Waals surface area (Å²) >= 11 is 12.2. The summed E-state index contributed by atoms with van der Waals surface area (Å²) in [5.74, 6) is -0.588. The zero-order chi connectivity index (χ0) is 18.6. The van der Waals surface area contributed by atoms with Gasteiger partial charge in [0.1, 0.15) is 6.54 Å². The smallest absolute Gasteiger partial charge is 0.244 e. The van der Waals surface area contributed by atoms with Gasteiger partial charge < -0.3 is 10.2 Å². The summed E-state index contributed by atoms with van der Waals surface area (Å²) in [5, 5.41) is 3.49. The van der Waals surface area contributed by atoms with Gasteiger partial charge in [-0.2, -0.15) is 0 Å². The molecule has 132 valence electrons. The average Bonchev–Trinajstić information content (AvgIpc) is 2.57. The molecule has 0 aliphatic carbocycles. The topological polar surface area (TPSA) is 49.4 Å². The maximum Gasteiger partial charge on any atom is 0.244 e. The lowest BCUT2D eigenvalue weighted by Gasteiger charge is -2.23. The summed E-state index contributed by atoms with van der Waals surface area (Å²) in [4.78, 5) is 25.9. The number of para-hydroxylation sites is 1. The molecule has 6 heteroatoms. The minimum atomic E-state index is -0.296. The van der Waals surface area contributed by atoms with Crippen molar-refractivity contribution in [2.24, 2.45) is 0 Å². The molecule has 2 aromatic rings. The lowest BCUT2D eigenvalue weighted by atomic mass is 10.1. The quantitative estimate of drug-likeness (QED) is 0.807. The van der Waals surface area contributed by atoms with Crippen LogP contribution in [0.15, 0.2) is 36.4 Å². The number of hydrogen-bond acceptors (Lipinski definition) is 2. The van der Waals surface area contributed by atoms with Crippen molar-refractivity contribution >= 4 is 46.4 Å². The van der Waals surface area contributed by atoms with Crippen molar-refractivity contribution in [2.75, 3.05) is 16.8 Å². The minimum absolute atomic E-state index is 0.146. The second-order valence-corrected chi connectivity index (χ2v) is 6.47. The molecule has 2 amide bonds. The van der Waals surface area contributed by atoms with Gasteiger partial charge in [0.25, 0.3) is 0 Å². The minimum Gasteiger partial charge on any atom is -0.324 e. The molecule has 0 fully saturated rings. The SMILES string of the molecule is CCc1cccc(C)c1NC(=O)CN(C(C)=O)c1cccc(Cl)c1Cl. The predicted molar refractivity (Wildman–Crippen MR) is 104 cm³/mol. The molecule has 0 aromatic heterocycles. The van der Waals surface area contributed by atoms with Crippen LogP contribution in [0.2, 0.25) is 10.0 Å². The number of anilines is 2. The number of nitrogens with zero attached hydrogens (tertiary/aromatic N) is 1. The van der Waals surface area contributed by atoms with Crippen LogP contribution in [0, 0.1) is 6.92 Å². The molecule has 2 rings (SSSR count). The molecule has 0 bridgehead atoms. The van der Waals surface area contributed by atoms with Crippen LogP contribution in [-0.2, 0) is 16.0 Å². The van der Waals surface area contributed by atoms with Crippen LogP contribution >= 0.6 is 23.2 Å². The number of nitrogens with one attached hydrogen (secondary N) is 1. The van der Waals surface area contributed by atoms with E-state index < -0.39 is 0 Å². The van der Waals surface area contributed by atoms with Crippen LogP contribution in [0.4, 0.5) is 11.4 Å². The average molecular weight is 379 g/mol. The van der Waals surface area contributed by atoms with Crippen molar-refractivity contribution in [1.29, 1.82) is 0 Å². The molecule has 2 aromatic carbocycles. The van der Waals surface area contributed by atoms with E-state index in [-0.39, 0.29) is 23.4 Å². The van der Waals surface area contributed by atoms with Gasteiger partial charge in [0.2, 0.25) is 11.8 Å². The number of rotatable bonds is 5. The summed E-state index contributed by atoms with van der Waals surface area (Å²) in [6.45, 7) is 5.20. The van der Waals surface area contributed by atoms with Crippen molar-refractivity contribution in [3.63, 3.8) is 0 Å².